The Bertz CT molecular complexity index is 461. The number of benzene rings is 1. The number of carbonyl (C=O) groups is 1. The average molecular weight is 278 g/mol. The van der Waals surface area contributed by atoms with Crippen molar-refractivity contribution in [3.8, 4) is 0 Å². The Morgan fingerprint density at radius 1 is 1.47 bits per heavy atom. The monoisotopic (exact) mass is 278 g/mol. The molecule has 0 aliphatic heterocycles. The molecule has 0 saturated heterocycles. The number of nitrogen functional groups attached to an aromatic ring is 1. The SMILES string of the molecule is CCSC1CCC(NC(=O)c2ccc(N)cc2C)C1. The van der Waals surface area contributed by atoms with Crippen molar-refractivity contribution in [2.75, 3.05) is 11.5 Å². The maximum Gasteiger partial charge on any atom is 0.251 e. The van der Waals surface area contributed by atoms with Gasteiger partial charge in [0, 0.05) is 22.5 Å². The van der Waals surface area contributed by atoms with Gasteiger partial charge in [0.2, 0.25) is 0 Å². The second kappa shape index (κ2) is 6.33. The minimum Gasteiger partial charge on any atom is -0.399 e. The lowest BCUT2D eigenvalue weighted by Gasteiger charge is -2.14. The molecule has 0 aromatic heterocycles. The lowest BCUT2D eigenvalue weighted by molar-refractivity contribution is 0.0937. The van der Waals surface area contributed by atoms with E-state index in [0.717, 1.165) is 29.7 Å². The van der Waals surface area contributed by atoms with Crippen LogP contribution >= 0.6 is 11.8 Å². The molecule has 0 radical (unpaired) electrons. The van der Waals surface area contributed by atoms with Crippen LogP contribution in [0.4, 0.5) is 5.69 Å². The highest BCUT2D eigenvalue weighted by Crippen LogP contribution is 2.29. The predicted octanol–water partition coefficient (Wildman–Crippen LogP) is 2.98. The second-order valence-corrected chi connectivity index (χ2v) is 6.71. The molecule has 0 spiro atoms. The fraction of sp³-hybridized carbons (Fsp3) is 0.533. The molecule has 3 nitrogen and oxygen atoms in total. The molecule has 1 saturated carbocycles. The molecule has 104 valence electrons. The number of thioether (sulfide) groups is 1. The van der Waals surface area contributed by atoms with E-state index < -0.39 is 0 Å². The van der Waals surface area contributed by atoms with Crippen molar-refractivity contribution in [3.63, 3.8) is 0 Å². The van der Waals surface area contributed by atoms with Gasteiger partial charge in [0.1, 0.15) is 0 Å². The molecular weight excluding hydrogens is 256 g/mol. The fourth-order valence-electron chi connectivity index (χ4n) is 2.66. The predicted molar refractivity (Wildman–Crippen MR) is 82.6 cm³/mol. The summed E-state index contributed by atoms with van der Waals surface area (Å²) in [6.07, 6.45) is 3.40. The van der Waals surface area contributed by atoms with Crippen LogP contribution in [-0.2, 0) is 0 Å². The third kappa shape index (κ3) is 3.66. The number of hydrogen-bond acceptors (Lipinski definition) is 3. The Morgan fingerprint density at radius 2 is 2.26 bits per heavy atom. The molecule has 1 aliphatic carbocycles. The molecule has 2 rings (SSSR count). The summed E-state index contributed by atoms with van der Waals surface area (Å²) in [6.45, 7) is 4.12. The zero-order chi connectivity index (χ0) is 13.8. The molecular formula is C15H22N2OS. The lowest BCUT2D eigenvalue weighted by Crippen LogP contribution is -2.33. The van der Waals surface area contributed by atoms with E-state index in [4.69, 9.17) is 5.73 Å². The summed E-state index contributed by atoms with van der Waals surface area (Å²) in [5.74, 6) is 1.19. The first-order valence-electron chi connectivity index (χ1n) is 6.88. The summed E-state index contributed by atoms with van der Waals surface area (Å²) in [5, 5.41) is 3.86. The van der Waals surface area contributed by atoms with Gasteiger partial charge in [-0.15, -0.1) is 0 Å². The summed E-state index contributed by atoms with van der Waals surface area (Å²) in [5.41, 5.74) is 8.09. The maximum atomic E-state index is 12.2. The number of rotatable bonds is 4. The molecule has 2 unspecified atom stereocenters. The molecule has 1 amide bonds. The fourth-order valence-corrected chi connectivity index (χ4v) is 3.81. The minimum atomic E-state index is 0.0321. The highest BCUT2D eigenvalue weighted by Gasteiger charge is 2.26. The van der Waals surface area contributed by atoms with Gasteiger partial charge >= 0.3 is 0 Å². The average Bonchev–Trinajstić information content (AvgIpc) is 2.76. The summed E-state index contributed by atoms with van der Waals surface area (Å²) >= 11 is 2.00. The molecule has 1 aromatic rings. The van der Waals surface area contributed by atoms with Gasteiger partial charge in [0.15, 0.2) is 0 Å². The molecule has 0 bridgehead atoms. The van der Waals surface area contributed by atoms with Gasteiger partial charge in [0.25, 0.3) is 5.91 Å². The van der Waals surface area contributed by atoms with Crippen LogP contribution in [0.3, 0.4) is 0 Å². The molecule has 3 N–H and O–H groups in total. The van der Waals surface area contributed by atoms with Gasteiger partial charge in [-0.3, -0.25) is 4.79 Å². The van der Waals surface area contributed by atoms with Crippen LogP contribution in [0.2, 0.25) is 0 Å². The number of nitrogens with one attached hydrogen (secondary N) is 1. The summed E-state index contributed by atoms with van der Waals surface area (Å²) in [6, 6.07) is 5.77. The van der Waals surface area contributed by atoms with Gasteiger partial charge in [0.05, 0.1) is 0 Å². The number of aryl methyl sites for hydroxylation is 1. The van der Waals surface area contributed by atoms with Crippen molar-refractivity contribution in [1.29, 1.82) is 0 Å². The summed E-state index contributed by atoms with van der Waals surface area (Å²) < 4.78 is 0. The van der Waals surface area contributed by atoms with Gasteiger partial charge in [-0.2, -0.15) is 11.8 Å². The van der Waals surface area contributed by atoms with E-state index in [2.05, 4.69) is 12.2 Å². The molecule has 1 aliphatic rings. The Labute approximate surface area is 119 Å². The van der Waals surface area contributed by atoms with Crippen LogP contribution in [0, 0.1) is 6.92 Å². The van der Waals surface area contributed by atoms with E-state index in [-0.39, 0.29) is 5.91 Å². The van der Waals surface area contributed by atoms with E-state index >= 15 is 0 Å². The van der Waals surface area contributed by atoms with Gasteiger partial charge in [-0.25, -0.2) is 0 Å². The number of hydrogen-bond donors (Lipinski definition) is 2. The third-order valence-electron chi connectivity index (χ3n) is 3.62. The normalized spacial score (nSPS) is 22.4. The first kappa shape index (κ1) is 14.3. The van der Waals surface area contributed by atoms with Crippen molar-refractivity contribution in [3.05, 3.63) is 29.3 Å². The number of carbonyl (C=O) groups excluding carboxylic acids is 1. The molecule has 0 heterocycles. The Morgan fingerprint density at radius 3 is 2.95 bits per heavy atom. The Hall–Kier alpha value is -1.16. The number of anilines is 1. The van der Waals surface area contributed by atoms with Crippen LogP contribution in [0.5, 0.6) is 0 Å². The van der Waals surface area contributed by atoms with Gasteiger partial charge < -0.3 is 11.1 Å². The highest BCUT2D eigenvalue weighted by atomic mass is 32.2. The van der Waals surface area contributed by atoms with Crippen LogP contribution < -0.4 is 11.1 Å². The standard InChI is InChI=1S/C15H22N2OS/c1-3-19-13-6-5-12(9-13)17-15(18)14-7-4-11(16)8-10(14)2/h4,7-8,12-13H,3,5-6,9,16H2,1-2H3,(H,17,18). The van der Waals surface area contributed by atoms with Crippen molar-refractivity contribution >= 4 is 23.4 Å². The van der Waals surface area contributed by atoms with E-state index in [1.165, 1.54) is 6.42 Å². The number of amides is 1. The van der Waals surface area contributed by atoms with Crippen molar-refractivity contribution in [2.45, 2.75) is 44.4 Å². The lowest BCUT2D eigenvalue weighted by atomic mass is 10.1. The van der Waals surface area contributed by atoms with E-state index in [1.54, 1.807) is 6.07 Å². The van der Waals surface area contributed by atoms with Crippen LogP contribution in [-0.4, -0.2) is 23.0 Å². The maximum absolute atomic E-state index is 12.2. The first-order chi connectivity index (χ1) is 9.10. The minimum absolute atomic E-state index is 0.0321. The molecule has 19 heavy (non-hydrogen) atoms. The van der Waals surface area contributed by atoms with Gasteiger partial charge in [-0.05, 0) is 55.7 Å². The molecule has 4 heteroatoms. The topological polar surface area (TPSA) is 55.1 Å². The van der Waals surface area contributed by atoms with E-state index in [0.29, 0.717) is 17.0 Å². The highest BCUT2D eigenvalue weighted by molar-refractivity contribution is 7.99. The molecule has 2 atom stereocenters. The largest absolute Gasteiger partial charge is 0.399 e. The van der Waals surface area contributed by atoms with Gasteiger partial charge in [-0.1, -0.05) is 6.92 Å². The van der Waals surface area contributed by atoms with E-state index in [9.17, 15) is 4.79 Å². The summed E-state index contributed by atoms with van der Waals surface area (Å²) in [7, 11) is 0. The molecule has 1 aromatic carbocycles. The first-order valence-corrected chi connectivity index (χ1v) is 7.93. The van der Waals surface area contributed by atoms with Crippen LogP contribution in [0.1, 0.15) is 42.1 Å². The van der Waals surface area contributed by atoms with Crippen LogP contribution in [0.25, 0.3) is 0 Å². The number of nitrogens with two attached hydrogens (primary N) is 1. The quantitative estimate of drug-likeness (QED) is 0.833. The van der Waals surface area contributed by atoms with Crippen LogP contribution in [0.15, 0.2) is 18.2 Å². The Balaban J connectivity index is 1.94. The smallest absolute Gasteiger partial charge is 0.251 e. The second-order valence-electron chi connectivity index (χ2n) is 5.14. The van der Waals surface area contributed by atoms with Crippen molar-refractivity contribution < 1.29 is 4.79 Å². The zero-order valence-corrected chi connectivity index (χ0v) is 12.4. The summed E-state index contributed by atoms with van der Waals surface area (Å²) in [4.78, 5) is 12.2. The molecule has 1 fully saturated rings. The Kier molecular flexibility index (Phi) is 4.75. The third-order valence-corrected chi connectivity index (χ3v) is 4.85. The zero-order valence-electron chi connectivity index (χ0n) is 11.6. The van der Waals surface area contributed by atoms with E-state index in [1.807, 2.05) is 30.8 Å². The van der Waals surface area contributed by atoms with Crippen molar-refractivity contribution in [2.24, 2.45) is 0 Å². The van der Waals surface area contributed by atoms with Crippen molar-refractivity contribution in [1.82, 2.24) is 5.32 Å².